The normalized spacial score (nSPS) is 27.0. The minimum atomic E-state index is -0.0861. The molecule has 2 unspecified atom stereocenters. The summed E-state index contributed by atoms with van der Waals surface area (Å²) in [7, 11) is 0. The van der Waals surface area contributed by atoms with Gasteiger partial charge in [-0.1, -0.05) is 25.0 Å². The van der Waals surface area contributed by atoms with Crippen LogP contribution in [0.5, 0.6) is 0 Å². The Hall–Kier alpha value is -0.340. The summed E-state index contributed by atoms with van der Waals surface area (Å²) in [5, 5.41) is 0. The van der Waals surface area contributed by atoms with Gasteiger partial charge in [0.15, 0.2) is 6.29 Å². The highest BCUT2D eigenvalue weighted by Crippen LogP contribution is 2.41. The molecule has 0 saturated carbocycles. The van der Waals surface area contributed by atoms with Gasteiger partial charge in [-0.2, -0.15) is 0 Å². The SMILES string of the molecule is CCOC(C)OC1CC(C)=C(C)C(C)(C)C1. The van der Waals surface area contributed by atoms with Crippen LogP contribution in [0.4, 0.5) is 0 Å². The molecule has 0 aromatic rings. The fourth-order valence-electron chi connectivity index (χ4n) is 2.51. The van der Waals surface area contributed by atoms with E-state index in [9.17, 15) is 0 Å². The zero-order valence-electron chi connectivity index (χ0n) is 11.6. The number of hydrogen-bond donors (Lipinski definition) is 0. The molecule has 16 heavy (non-hydrogen) atoms. The van der Waals surface area contributed by atoms with Gasteiger partial charge in [0.05, 0.1) is 6.10 Å². The van der Waals surface area contributed by atoms with E-state index in [0.29, 0.717) is 12.7 Å². The molecule has 2 heteroatoms. The van der Waals surface area contributed by atoms with Crippen molar-refractivity contribution in [3.8, 4) is 0 Å². The molecular weight excluding hydrogens is 200 g/mol. The fraction of sp³-hybridized carbons (Fsp3) is 0.857. The van der Waals surface area contributed by atoms with Gasteiger partial charge in [-0.3, -0.25) is 0 Å². The molecule has 2 atom stereocenters. The average Bonchev–Trinajstić information content (AvgIpc) is 2.13. The third-order valence-corrected chi connectivity index (χ3v) is 3.71. The molecule has 0 N–H and O–H groups in total. The van der Waals surface area contributed by atoms with Crippen LogP contribution in [-0.2, 0) is 9.47 Å². The highest BCUT2D eigenvalue weighted by Gasteiger charge is 2.32. The number of allylic oxidation sites excluding steroid dienone is 1. The van der Waals surface area contributed by atoms with Gasteiger partial charge in [0, 0.05) is 6.61 Å². The zero-order chi connectivity index (χ0) is 12.3. The smallest absolute Gasteiger partial charge is 0.155 e. The maximum Gasteiger partial charge on any atom is 0.155 e. The topological polar surface area (TPSA) is 18.5 Å². The summed E-state index contributed by atoms with van der Waals surface area (Å²) in [5.41, 5.74) is 3.26. The van der Waals surface area contributed by atoms with Gasteiger partial charge in [0.2, 0.25) is 0 Å². The van der Waals surface area contributed by atoms with E-state index in [0.717, 1.165) is 12.8 Å². The number of hydrogen-bond acceptors (Lipinski definition) is 2. The van der Waals surface area contributed by atoms with Crippen LogP contribution in [-0.4, -0.2) is 19.0 Å². The van der Waals surface area contributed by atoms with E-state index in [-0.39, 0.29) is 11.7 Å². The molecule has 0 spiro atoms. The molecule has 0 saturated heterocycles. The van der Waals surface area contributed by atoms with Gasteiger partial charge in [-0.25, -0.2) is 0 Å². The Morgan fingerprint density at radius 2 is 2.00 bits per heavy atom. The Bertz CT molecular complexity index is 266. The lowest BCUT2D eigenvalue weighted by Crippen LogP contribution is -2.32. The molecule has 1 aliphatic rings. The number of rotatable bonds is 4. The minimum absolute atomic E-state index is 0.0861. The first-order chi connectivity index (χ1) is 7.36. The second-order valence-electron chi connectivity index (χ2n) is 5.48. The lowest BCUT2D eigenvalue weighted by Gasteiger charge is -2.38. The third-order valence-electron chi connectivity index (χ3n) is 3.71. The molecule has 0 bridgehead atoms. The van der Waals surface area contributed by atoms with Crippen molar-refractivity contribution >= 4 is 0 Å². The predicted octanol–water partition coefficient (Wildman–Crippen LogP) is 3.91. The minimum Gasteiger partial charge on any atom is -0.353 e. The van der Waals surface area contributed by atoms with Crippen molar-refractivity contribution in [3.05, 3.63) is 11.1 Å². The van der Waals surface area contributed by atoms with Crippen molar-refractivity contribution in [3.63, 3.8) is 0 Å². The maximum atomic E-state index is 5.93. The lowest BCUT2D eigenvalue weighted by atomic mass is 9.72. The zero-order valence-corrected chi connectivity index (χ0v) is 11.6. The molecule has 0 aliphatic heterocycles. The maximum absolute atomic E-state index is 5.93. The van der Waals surface area contributed by atoms with Crippen LogP contribution < -0.4 is 0 Å². The Labute approximate surface area is 100 Å². The van der Waals surface area contributed by atoms with Gasteiger partial charge in [-0.15, -0.1) is 0 Å². The molecular formula is C14H26O2. The van der Waals surface area contributed by atoms with Crippen LogP contribution >= 0.6 is 0 Å². The van der Waals surface area contributed by atoms with Crippen LogP contribution in [0.3, 0.4) is 0 Å². The Balaban J connectivity index is 2.61. The van der Waals surface area contributed by atoms with E-state index in [1.165, 1.54) is 11.1 Å². The molecule has 94 valence electrons. The molecule has 0 aromatic heterocycles. The van der Waals surface area contributed by atoms with Crippen LogP contribution in [0.25, 0.3) is 0 Å². The van der Waals surface area contributed by atoms with E-state index in [1.807, 2.05) is 13.8 Å². The Kier molecular flexibility index (Phi) is 4.57. The van der Waals surface area contributed by atoms with Crippen molar-refractivity contribution in [2.75, 3.05) is 6.61 Å². The Morgan fingerprint density at radius 1 is 1.38 bits per heavy atom. The molecule has 0 radical (unpaired) electrons. The summed E-state index contributed by atoms with van der Waals surface area (Å²) in [6, 6.07) is 0. The summed E-state index contributed by atoms with van der Waals surface area (Å²) in [5.74, 6) is 0. The van der Waals surface area contributed by atoms with E-state index in [1.54, 1.807) is 0 Å². The summed E-state index contributed by atoms with van der Waals surface area (Å²) in [4.78, 5) is 0. The summed E-state index contributed by atoms with van der Waals surface area (Å²) < 4.78 is 11.4. The highest BCUT2D eigenvalue weighted by atomic mass is 16.7. The van der Waals surface area contributed by atoms with Crippen LogP contribution in [0.15, 0.2) is 11.1 Å². The average molecular weight is 226 g/mol. The third kappa shape index (κ3) is 3.33. The van der Waals surface area contributed by atoms with E-state index < -0.39 is 0 Å². The molecule has 0 aromatic carbocycles. The van der Waals surface area contributed by atoms with Crippen molar-refractivity contribution in [2.45, 2.75) is 66.8 Å². The molecule has 0 fully saturated rings. The highest BCUT2D eigenvalue weighted by molar-refractivity contribution is 5.21. The van der Waals surface area contributed by atoms with E-state index in [2.05, 4.69) is 27.7 Å². The summed E-state index contributed by atoms with van der Waals surface area (Å²) >= 11 is 0. The number of ether oxygens (including phenoxy) is 2. The van der Waals surface area contributed by atoms with Gasteiger partial charge in [0.25, 0.3) is 0 Å². The van der Waals surface area contributed by atoms with Crippen molar-refractivity contribution in [1.29, 1.82) is 0 Å². The first-order valence-corrected chi connectivity index (χ1v) is 6.30. The first kappa shape index (κ1) is 13.7. The first-order valence-electron chi connectivity index (χ1n) is 6.30. The van der Waals surface area contributed by atoms with Gasteiger partial charge >= 0.3 is 0 Å². The van der Waals surface area contributed by atoms with Crippen molar-refractivity contribution in [1.82, 2.24) is 0 Å². The van der Waals surface area contributed by atoms with E-state index >= 15 is 0 Å². The van der Waals surface area contributed by atoms with Crippen molar-refractivity contribution < 1.29 is 9.47 Å². The Morgan fingerprint density at radius 3 is 2.50 bits per heavy atom. The second kappa shape index (κ2) is 5.33. The van der Waals surface area contributed by atoms with Gasteiger partial charge < -0.3 is 9.47 Å². The monoisotopic (exact) mass is 226 g/mol. The standard InChI is InChI=1S/C14H26O2/c1-7-15-12(4)16-13-8-10(2)11(3)14(5,6)9-13/h12-13H,7-9H2,1-6H3. The van der Waals surface area contributed by atoms with E-state index in [4.69, 9.17) is 9.47 Å². The van der Waals surface area contributed by atoms with Gasteiger partial charge in [0.1, 0.15) is 0 Å². The predicted molar refractivity (Wildman–Crippen MR) is 67.4 cm³/mol. The van der Waals surface area contributed by atoms with Crippen LogP contribution in [0, 0.1) is 5.41 Å². The lowest BCUT2D eigenvalue weighted by molar-refractivity contribution is -0.164. The van der Waals surface area contributed by atoms with Crippen LogP contribution in [0.2, 0.25) is 0 Å². The quantitative estimate of drug-likeness (QED) is 0.534. The summed E-state index contributed by atoms with van der Waals surface area (Å²) in [6.45, 7) is 13.8. The molecule has 1 rings (SSSR count). The second-order valence-corrected chi connectivity index (χ2v) is 5.48. The molecule has 0 heterocycles. The largest absolute Gasteiger partial charge is 0.353 e. The van der Waals surface area contributed by atoms with Crippen LogP contribution in [0.1, 0.15) is 54.4 Å². The fourth-order valence-corrected chi connectivity index (χ4v) is 2.51. The van der Waals surface area contributed by atoms with Gasteiger partial charge in [-0.05, 0) is 46.0 Å². The molecule has 2 nitrogen and oxygen atoms in total. The molecule has 1 aliphatic carbocycles. The van der Waals surface area contributed by atoms with Crippen molar-refractivity contribution in [2.24, 2.45) is 5.41 Å². The summed E-state index contributed by atoms with van der Waals surface area (Å²) in [6.07, 6.45) is 2.36. The molecule has 0 amide bonds.